The number of ether oxygens (including phenoxy) is 1. The SMILES string of the molecule is O=S(=O)(OC[C@@H]1CO1)c1ccc(Cl)cc1Cl. The summed E-state index contributed by atoms with van der Waals surface area (Å²) in [4.78, 5) is -0.0841. The van der Waals surface area contributed by atoms with Gasteiger partial charge in [0, 0.05) is 5.02 Å². The Labute approximate surface area is 103 Å². The molecule has 1 aromatic rings. The molecular weight excluding hydrogens is 275 g/mol. The van der Waals surface area contributed by atoms with Gasteiger partial charge in [-0.1, -0.05) is 23.2 Å². The molecule has 0 aliphatic carbocycles. The van der Waals surface area contributed by atoms with Crippen molar-refractivity contribution in [2.24, 2.45) is 0 Å². The van der Waals surface area contributed by atoms with Gasteiger partial charge in [0.25, 0.3) is 10.1 Å². The second-order valence-electron chi connectivity index (χ2n) is 3.27. The first-order valence-corrected chi connectivity index (χ1v) is 6.61. The molecule has 1 aromatic carbocycles. The lowest BCUT2D eigenvalue weighted by molar-refractivity contribution is 0.266. The molecule has 7 heteroatoms. The van der Waals surface area contributed by atoms with Gasteiger partial charge in [-0.25, -0.2) is 0 Å². The molecule has 1 aliphatic heterocycles. The minimum Gasteiger partial charge on any atom is -0.371 e. The maximum absolute atomic E-state index is 11.7. The van der Waals surface area contributed by atoms with Crippen LogP contribution in [0.25, 0.3) is 0 Å². The lowest BCUT2D eigenvalue weighted by atomic mass is 10.4. The van der Waals surface area contributed by atoms with E-state index in [1.807, 2.05) is 0 Å². The van der Waals surface area contributed by atoms with Gasteiger partial charge in [0.05, 0.1) is 18.2 Å². The van der Waals surface area contributed by atoms with Gasteiger partial charge in [0.1, 0.15) is 11.0 Å². The van der Waals surface area contributed by atoms with Crippen molar-refractivity contribution in [3.8, 4) is 0 Å². The molecule has 16 heavy (non-hydrogen) atoms. The number of hydrogen-bond donors (Lipinski definition) is 0. The summed E-state index contributed by atoms with van der Waals surface area (Å²) in [6, 6.07) is 4.11. The highest BCUT2D eigenvalue weighted by Crippen LogP contribution is 2.26. The first-order valence-electron chi connectivity index (χ1n) is 4.45. The minimum atomic E-state index is -3.83. The third-order valence-corrected chi connectivity index (χ3v) is 3.98. The summed E-state index contributed by atoms with van der Waals surface area (Å²) in [7, 11) is -3.83. The van der Waals surface area contributed by atoms with Crippen LogP contribution < -0.4 is 0 Å². The van der Waals surface area contributed by atoms with E-state index in [0.29, 0.717) is 11.6 Å². The second kappa shape index (κ2) is 4.50. The quantitative estimate of drug-likeness (QED) is 0.627. The van der Waals surface area contributed by atoms with E-state index in [-0.39, 0.29) is 22.6 Å². The van der Waals surface area contributed by atoms with Crippen LogP contribution >= 0.6 is 23.2 Å². The van der Waals surface area contributed by atoms with E-state index < -0.39 is 10.1 Å². The van der Waals surface area contributed by atoms with E-state index in [9.17, 15) is 8.42 Å². The molecule has 88 valence electrons. The van der Waals surface area contributed by atoms with Gasteiger partial charge < -0.3 is 4.74 Å². The number of benzene rings is 1. The van der Waals surface area contributed by atoms with Crippen LogP contribution in [0.4, 0.5) is 0 Å². The maximum atomic E-state index is 11.7. The summed E-state index contributed by atoms with van der Waals surface area (Å²) >= 11 is 11.4. The standard InChI is InChI=1S/C9H8Cl2O4S/c10-6-1-2-9(8(11)3-6)16(12,13)15-5-7-4-14-7/h1-3,7H,4-5H2/t7-/m0/s1. The van der Waals surface area contributed by atoms with Crippen LogP contribution in [0.3, 0.4) is 0 Å². The van der Waals surface area contributed by atoms with Gasteiger partial charge in [-0.3, -0.25) is 4.18 Å². The molecule has 0 amide bonds. The molecule has 1 fully saturated rings. The molecule has 0 N–H and O–H groups in total. The predicted molar refractivity (Wildman–Crippen MR) is 59.3 cm³/mol. The Morgan fingerprint density at radius 1 is 1.44 bits per heavy atom. The third kappa shape index (κ3) is 2.87. The summed E-state index contributed by atoms with van der Waals surface area (Å²) in [5.74, 6) is 0. The molecule has 2 rings (SSSR count). The zero-order valence-electron chi connectivity index (χ0n) is 8.02. The highest BCUT2D eigenvalue weighted by atomic mass is 35.5. The Morgan fingerprint density at radius 3 is 2.69 bits per heavy atom. The van der Waals surface area contributed by atoms with Gasteiger partial charge in [-0.15, -0.1) is 0 Å². The lowest BCUT2D eigenvalue weighted by Gasteiger charge is -2.06. The van der Waals surface area contributed by atoms with Gasteiger partial charge in [-0.05, 0) is 18.2 Å². The van der Waals surface area contributed by atoms with E-state index in [4.69, 9.17) is 32.1 Å². The first kappa shape index (κ1) is 12.1. The second-order valence-corrected chi connectivity index (χ2v) is 5.70. The third-order valence-electron chi connectivity index (χ3n) is 1.97. The van der Waals surface area contributed by atoms with Crippen molar-refractivity contribution in [2.45, 2.75) is 11.0 Å². The molecule has 1 heterocycles. The zero-order valence-corrected chi connectivity index (χ0v) is 10.3. The monoisotopic (exact) mass is 282 g/mol. The smallest absolute Gasteiger partial charge is 0.298 e. The Morgan fingerprint density at radius 2 is 2.12 bits per heavy atom. The largest absolute Gasteiger partial charge is 0.371 e. The van der Waals surface area contributed by atoms with Crippen molar-refractivity contribution in [3.05, 3.63) is 28.2 Å². The topological polar surface area (TPSA) is 55.9 Å². The van der Waals surface area contributed by atoms with Crippen LogP contribution in [-0.4, -0.2) is 27.7 Å². The average Bonchev–Trinajstić information content (AvgIpc) is 2.97. The molecule has 1 aliphatic rings. The molecular formula is C9H8Cl2O4S. The highest BCUT2D eigenvalue weighted by molar-refractivity contribution is 7.86. The van der Waals surface area contributed by atoms with Crippen molar-refractivity contribution < 1.29 is 17.3 Å². The summed E-state index contributed by atoms with van der Waals surface area (Å²) in [6.45, 7) is 0.547. The maximum Gasteiger partial charge on any atom is 0.298 e. The molecule has 0 unspecified atom stereocenters. The number of epoxide rings is 1. The number of hydrogen-bond acceptors (Lipinski definition) is 4. The summed E-state index contributed by atoms with van der Waals surface area (Å²) < 4.78 is 33.0. The minimum absolute atomic E-state index is 0.0152. The van der Waals surface area contributed by atoms with Gasteiger partial charge in [-0.2, -0.15) is 8.42 Å². The Bertz CT molecular complexity index is 496. The van der Waals surface area contributed by atoms with E-state index in [0.717, 1.165) is 0 Å². The van der Waals surface area contributed by atoms with E-state index in [2.05, 4.69) is 0 Å². The van der Waals surface area contributed by atoms with Crippen LogP contribution in [-0.2, 0) is 19.0 Å². The predicted octanol–water partition coefficient (Wildman–Crippen LogP) is 2.10. The fourth-order valence-electron chi connectivity index (χ4n) is 1.07. The van der Waals surface area contributed by atoms with E-state index >= 15 is 0 Å². The Balaban J connectivity index is 2.20. The molecule has 1 saturated heterocycles. The van der Waals surface area contributed by atoms with Crippen molar-refractivity contribution in [3.63, 3.8) is 0 Å². The van der Waals surface area contributed by atoms with Gasteiger partial charge in [0.2, 0.25) is 0 Å². The van der Waals surface area contributed by atoms with Crippen LogP contribution in [0.5, 0.6) is 0 Å². The fraction of sp³-hybridized carbons (Fsp3) is 0.333. The fourth-order valence-corrected chi connectivity index (χ4v) is 2.75. The van der Waals surface area contributed by atoms with Crippen molar-refractivity contribution in [1.29, 1.82) is 0 Å². The average molecular weight is 283 g/mol. The molecule has 4 nitrogen and oxygen atoms in total. The Kier molecular flexibility index (Phi) is 3.42. The van der Waals surface area contributed by atoms with Crippen molar-refractivity contribution in [2.75, 3.05) is 13.2 Å². The highest BCUT2D eigenvalue weighted by Gasteiger charge is 2.27. The molecule has 0 bridgehead atoms. The molecule has 0 saturated carbocycles. The Hall–Kier alpha value is -0.330. The summed E-state index contributed by atoms with van der Waals surface area (Å²) in [5.41, 5.74) is 0. The molecule has 0 spiro atoms. The van der Waals surface area contributed by atoms with Crippen molar-refractivity contribution in [1.82, 2.24) is 0 Å². The normalized spacial score (nSPS) is 19.8. The van der Waals surface area contributed by atoms with Gasteiger partial charge in [0.15, 0.2) is 0 Å². The van der Waals surface area contributed by atoms with Gasteiger partial charge >= 0.3 is 0 Å². The van der Waals surface area contributed by atoms with Crippen LogP contribution in [0.15, 0.2) is 23.1 Å². The van der Waals surface area contributed by atoms with Crippen molar-refractivity contribution >= 4 is 33.3 Å². The van der Waals surface area contributed by atoms with E-state index in [1.54, 1.807) is 0 Å². The van der Waals surface area contributed by atoms with Crippen LogP contribution in [0, 0.1) is 0 Å². The lowest BCUT2D eigenvalue weighted by Crippen LogP contribution is -2.11. The van der Waals surface area contributed by atoms with Crippen LogP contribution in [0.2, 0.25) is 10.0 Å². The number of halogens is 2. The summed E-state index contributed by atoms with van der Waals surface area (Å²) in [5, 5.41) is 0.415. The number of rotatable bonds is 4. The molecule has 0 radical (unpaired) electrons. The van der Waals surface area contributed by atoms with Crippen LogP contribution in [0.1, 0.15) is 0 Å². The first-order chi connectivity index (χ1) is 7.49. The summed E-state index contributed by atoms with van der Waals surface area (Å²) in [6.07, 6.45) is -0.124. The zero-order chi connectivity index (χ0) is 11.8. The molecule has 0 aromatic heterocycles. The van der Waals surface area contributed by atoms with E-state index in [1.165, 1.54) is 18.2 Å². The molecule has 1 atom stereocenters.